The second-order valence-corrected chi connectivity index (χ2v) is 12.1. The highest BCUT2D eigenvalue weighted by molar-refractivity contribution is 4.53. The maximum Gasteiger partial charge on any atom is 0.0402 e. The molecule has 1 saturated carbocycles. The summed E-state index contributed by atoms with van der Waals surface area (Å²) in [7, 11) is 0. The Morgan fingerprint density at radius 3 is 0.196 bits per heavy atom. The van der Waals surface area contributed by atoms with Gasteiger partial charge in [-0.3, -0.25) is 0 Å². The van der Waals surface area contributed by atoms with Crippen LogP contribution in [-0.4, -0.2) is 93.7 Å². The highest BCUT2D eigenvalue weighted by Gasteiger charge is 1.97. The topological polar surface area (TPSA) is 162 Å². The Hall–Kier alpha value is -0.320. The molecule has 1 fully saturated rings. The van der Waals surface area contributed by atoms with Crippen molar-refractivity contribution in [1.82, 2.24) is 0 Å². The van der Waals surface area contributed by atoms with Crippen LogP contribution in [0, 0.1) is 0 Å². The fraction of sp³-hybridized carbons (Fsp3) is 1.00. The fourth-order valence-corrected chi connectivity index (χ4v) is 4.77. The quantitative estimate of drug-likeness (QED) is 0.121. The normalized spacial score (nSPS) is 15.5. The molecule has 0 amide bonds. The van der Waals surface area contributed by atoms with Crippen molar-refractivity contribution < 1.29 is 40.9 Å². The van der Waals surface area contributed by atoms with Crippen molar-refractivity contribution in [1.29, 1.82) is 0 Å². The van der Waals surface area contributed by atoms with E-state index in [9.17, 15) is 0 Å². The summed E-state index contributed by atoms with van der Waals surface area (Å²) in [5.74, 6) is 0. The largest absolute Gasteiger partial charge is 0.397 e. The van der Waals surface area contributed by atoms with E-state index in [2.05, 4.69) is 0 Å². The Balaban J connectivity index is -0.000000105. The third-order valence-corrected chi connectivity index (χ3v) is 6.75. The van der Waals surface area contributed by atoms with Crippen LogP contribution in [0.2, 0.25) is 0 Å². The van der Waals surface area contributed by atoms with E-state index >= 15 is 0 Å². The summed E-state index contributed by atoms with van der Waals surface area (Å²) in [5, 5.41) is 60.6. The van der Waals surface area contributed by atoms with Gasteiger partial charge in [0.25, 0.3) is 0 Å². The molecule has 8 nitrogen and oxygen atoms in total. The monoisotopic (exact) mass is 747 g/mol. The summed E-state index contributed by atoms with van der Waals surface area (Å²) >= 11 is 0. The molecule has 8 heteroatoms. The molecule has 0 aromatic heterocycles. The van der Waals surface area contributed by atoms with Crippen LogP contribution in [0.25, 0.3) is 0 Å². The number of aliphatic hydroxyl groups excluding tert-OH is 8. The Labute approximate surface area is 321 Å². The predicted octanol–water partition coefficient (Wildman–Crippen LogP) is 10.5. The SMILES string of the molecule is C1CCCCCCCCCCCCCCCCCCCCCCCCCC1.CCO.CCO.CCO.CCO.CCO.CCO.CCO.CCO. The van der Waals surface area contributed by atoms with E-state index < -0.39 is 0 Å². The van der Waals surface area contributed by atoms with Crippen molar-refractivity contribution in [2.75, 3.05) is 52.9 Å². The van der Waals surface area contributed by atoms with E-state index in [0.717, 1.165) is 0 Å². The van der Waals surface area contributed by atoms with Crippen molar-refractivity contribution in [2.24, 2.45) is 0 Å². The first kappa shape index (κ1) is 68.7. The van der Waals surface area contributed by atoms with Crippen molar-refractivity contribution in [2.45, 2.75) is 229 Å². The van der Waals surface area contributed by atoms with E-state index in [1.165, 1.54) is 173 Å². The molecule has 0 bridgehead atoms. The lowest BCUT2D eigenvalue weighted by molar-refractivity contribution is 0.318. The fourth-order valence-electron chi connectivity index (χ4n) is 4.77. The zero-order chi connectivity index (χ0) is 40.7. The van der Waals surface area contributed by atoms with Crippen LogP contribution < -0.4 is 0 Å². The minimum atomic E-state index is 0.250. The highest BCUT2D eigenvalue weighted by Crippen LogP contribution is 2.17. The van der Waals surface area contributed by atoms with Crippen molar-refractivity contribution in [3.63, 3.8) is 0 Å². The van der Waals surface area contributed by atoms with Crippen molar-refractivity contribution in [3.05, 3.63) is 0 Å². The molecule has 1 rings (SSSR count). The molecule has 1 aliphatic carbocycles. The van der Waals surface area contributed by atoms with Crippen LogP contribution >= 0.6 is 0 Å². The molecule has 8 N–H and O–H groups in total. The summed E-state index contributed by atoms with van der Waals surface area (Å²) in [4.78, 5) is 0. The molecule has 0 heterocycles. The van der Waals surface area contributed by atoms with Crippen LogP contribution in [0.3, 0.4) is 0 Å². The van der Waals surface area contributed by atoms with Crippen LogP contribution in [0.1, 0.15) is 229 Å². The summed E-state index contributed by atoms with van der Waals surface area (Å²) < 4.78 is 0. The van der Waals surface area contributed by atoms with Crippen LogP contribution in [-0.2, 0) is 0 Å². The smallest absolute Gasteiger partial charge is 0.0402 e. The first-order valence-corrected chi connectivity index (χ1v) is 21.7. The lowest BCUT2D eigenvalue weighted by Gasteiger charge is -2.04. The van der Waals surface area contributed by atoms with Gasteiger partial charge in [-0.1, -0.05) is 173 Å². The van der Waals surface area contributed by atoms with Gasteiger partial charge in [0.2, 0.25) is 0 Å². The van der Waals surface area contributed by atoms with E-state index in [4.69, 9.17) is 40.9 Å². The summed E-state index contributed by atoms with van der Waals surface area (Å²) in [6.07, 6.45) is 40.5. The lowest BCUT2D eigenvalue weighted by Crippen LogP contribution is -1.84. The molecule has 0 aromatic rings. The maximum absolute atomic E-state index is 7.57. The number of hydrogen-bond acceptors (Lipinski definition) is 8. The number of rotatable bonds is 0. The second-order valence-electron chi connectivity index (χ2n) is 12.1. The van der Waals surface area contributed by atoms with Gasteiger partial charge in [-0.15, -0.1) is 0 Å². The van der Waals surface area contributed by atoms with Gasteiger partial charge in [0.15, 0.2) is 0 Å². The van der Waals surface area contributed by atoms with Gasteiger partial charge in [-0.25, -0.2) is 0 Å². The average molecular weight is 747 g/mol. The minimum absolute atomic E-state index is 0.250. The lowest BCUT2D eigenvalue weighted by atomic mass is 10.0. The van der Waals surface area contributed by atoms with E-state index in [1.807, 2.05) is 0 Å². The molecule has 0 aliphatic heterocycles. The molecule has 0 atom stereocenters. The van der Waals surface area contributed by atoms with Gasteiger partial charge >= 0.3 is 0 Å². The third-order valence-electron chi connectivity index (χ3n) is 6.75. The first-order valence-electron chi connectivity index (χ1n) is 21.7. The Bertz CT molecular complexity index is 239. The highest BCUT2D eigenvalue weighted by atomic mass is 16.3. The maximum atomic E-state index is 7.57. The predicted molar refractivity (Wildman–Crippen MR) is 227 cm³/mol. The number of hydrogen-bond donors (Lipinski definition) is 8. The molecule has 0 aromatic carbocycles. The average Bonchev–Trinajstić information content (AvgIpc) is 3.08. The van der Waals surface area contributed by atoms with Gasteiger partial charge in [-0.2, -0.15) is 0 Å². The molecule has 0 spiro atoms. The van der Waals surface area contributed by atoms with Gasteiger partial charge < -0.3 is 40.9 Å². The zero-order valence-corrected chi connectivity index (χ0v) is 36.3. The Morgan fingerprint density at radius 2 is 0.176 bits per heavy atom. The molecule has 51 heavy (non-hydrogen) atoms. The molecular weight excluding hydrogens is 644 g/mol. The molecule has 0 saturated heterocycles. The summed E-state index contributed by atoms with van der Waals surface area (Å²) in [5.41, 5.74) is 0. The van der Waals surface area contributed by atoms with Gasteiger partial charge in [0.1, 0.15) is 0 Å². The molecule has 0 radical (unpaired) electrons. The molecular formula is C43H102O8. The van der Waals surface area contributed by atoms with E-state index in [1.54, 1.807) is 55.4 Å². The van der Waals surface area contributed by atoms with Crippen molar-refractivity contribution >= 4 is 0 Å². The second kappa shape index (κ2) is 97.9. The van der Waals surface area contributed by atoms with Crippen LogP contribution in [0.4, 0.5) is 0 Å². The molecule has 1 aliphatic rings. The van der Waals surface area contributed by atoms with E-state index in [-0.39, 0.29) is 52.9 Å². The van der Waals surface area contributed by atoms with E-state index in [0.29, 0.717) is 0 Å². The Kier molecular flexibility index (Phi) is 132. The van der Waals surface area contributed by atoms with Gasteiger partial charge in [0.05, 0.1) is 0 Å². The molecule has 0 unspecified atom stereocenters. The first-order chi connectivity index (χ1) is 24.8. The van der Waals surface area contributed by atoms with Crippen LogP contribution in [0.5, 0.6) is 0 Å². The van der Waals surface area contributed by atoms with Gasteiger partial charge in [-0.05, 0) is 55.4 Å². The van der Waals surface area contributed by atoms with Gasteiger partial charge in [0, 0.05) is 52.9 Å². The minimum Gasteiger partial charge on any atom is -0.397 e. The number of aliphatic hydroxyl groups is 8. The van der Waals surface area contributed by atoms with Crippen molar-refractivity contribution in [3.8, 4) is 0 Å². The summed E-state index contributed by atoms with van der Waals surface area (Å²) in [6, 6.07) is 0. The molecule has 322 valence electrons. The zero-order valence-electron chi connectivity index (χ0n) is 36.3. The summed E-state index contributed by atoms with van der Waals surface area (Å²) in [6.45, 7) is 15.4. The Morgan fingerprint density at radius 1 is 0.157 bits per heavy atom. The third kappa shape index (κ3) is 159. The standard InChI is InChI=1S/C27H54.8C2H6O/c1-2-4-6-8-10-12-14-16-18-20-22-24-26-27-25-23-21-19-17-15-13-11-9-7-5-3-1;8*1-2-3/h1-27H2;8*3H,2H2,1H3. The van der Waals surface area contributed by atoms with Crippen LogP contribution in [0.15, 0.2) is 0 Å².